The first kappa shape index (κ1) is 27.3. The first-order valence-electron chi connectivity index (χ1n) is 14.7. The predicted molar refractivity (Wildman–Crippen MR) is 147 cm³/mol. The quantitative estimate of drug-likeness (QED) is 0.250. The van der Waals surface area contributed by atoms with E-state index in [9.17, 15) is 14.6 Å². The molecule has 0 bridgehead atoms. The number of fused-ring (bicyclic) bond motifs is 5. The molecule has 0 radical (unpaired) electrons. The van der Waals surface area contributed by atoms with Gasteiger partial charge in [0.1, 0.15) is 5.75 Å². The lowest BCUT2D eigenvalue weighted by Crippen LogP contribution is -2.47. The first-order chi connectivity index (χ1) is 17.0. The van der Waals surface area contributed by atoms with Crippen LogP contribution in [0.2, 0.25) is 0 Å². The molecule has 0 saturated heterocycles. The van der Waals surface area contributed by atoms with Crippen LogP contribution in [-0.4, -0.2) is 34.5 Å². The maximum absolute atomic E-state index is 12.1. The molecule has 3 aliphatic rings. The SMILES string of the molecule is C[C@]12CCC3c4ccc(O)cc4CC(CCCCCCCCCSCCCCF)C3C1CC[C@@H]2O. The Bertz CT molecular complexity index is 785. The third-order valence-electron chi connectivity index (χ3n) is 9.87. The minimum atomic E-state index is -0.164. The number of hydrogen-bond acceptors (Lipinski definition) is 3. The molecule has 0 heterocycles. The Balaban J connectivity index is 1.23. The number of phenols is 1. The Labute approximate surface area is 217 Å². The zero-order valence-electron chi connectivity index (χ0n) is 22.0. The molecule has 2 fully saturated rings. The zero-order valence-corrected chi connectivity index (χ0v) is 22.8. The summed E-state index contributed by atoms with van der Waals surface area (Å²) in [5, 5.41) is 21.0. The smallest absolute Gasteiger partial charge is 0.115 e. The van der Waals surface area contributed by atoms with Gasteiger partial charge in [-0.25, -0.2) is 0 Å². The van der Waals surface area contributed by atoms with Crippen molar-refractivity contribution in [1.29, 1.82) is 0 Å². The largest absolute Gasteiger partial charge is 0.508 e. The van der Waals surface area contributed by atoms with Crippen LogP contribution in [0.3, 0.4) is 0 Å². The van der Waals surface area contributed by atoms with Crippen molar-refractivity contribution in [3.8, 4) is 5.75 Å². The number of aliphatic hydroxyl groups excluding tert-OH is 1. The molecule has 0 aromatic heterocycles. The summed E-state index contributed by atoms with van der Waals surface area (Å²) in [7, 11) is 0. The molecule has 1 aromatic carbocycles. The van der Waals surface area contributed by atoms with Gasteiger partial charge in [-0.05, 0) is 122 Å². The van der Waals surface area contributed by atoms with Crippen LogP contribution in [0, 0.1) is 23.2 Å². The van der Waals surface area contributed by atoms with E-state index < -0.39 is 0 Å². The summed E-state index contributed by atoms with van der Waals surface area (Å²) in [5.41, 5.74) is 2.99. The van der Waals surface area contributed by atoms with Crippen LogP contribution in [0.15, 0.2) is 18.2 Å². The van der Waals surface area contributed by atoms with E-state index >= 15 is 0 Å². The molecular formula is C31H49FO2S. The van der Waals surface area contributed by atoms with E-state index in [0.29, 0.717) is 29.4 Å². The lowest BCUT2D eigenvalue weighted by atomic mass is 9.52. The van der Waals surface area contributed by atoms with Gasteiger partial charge in [-0.1, -0.05) is 51.5 Å². The molecule has 4 unspecified atom stereocenters. The van der Waals surface area contributed by atoms with Gasteiger partial charge < -0.3 is 10.2 Å². The van der Waals surface area contributed by atoms with Crippen molar-refractivity contribution in [3.05, 3.63) is 29.3 Å². The molecular weight excluding hydrogens is 455 g/mol. The molecule has 0 spiro atoms. The number of thioether (sulfide) groups is 1. The summed E-state index contributed by atoms with van der Waals surface area (Å²) in [6.07, 6.45) is 17.9. The highest BCUT2D eigenvalue weighted by Crippen LogP contribution is 2.62. The Morgan fingerprint density at radius 3 is 2.43 bits per heavy atom. The lowest BCUT2D eigenvalue weighted by Gasteiger charge is -2.53. The van der Waals surface area contributed by atoms with Gasteiger partial charge in [0.25, 0.3) is 0 Å². The molecule has 3 aliphatic carbocycles. The molecule has 2 nitrogen and oxygen atoms in total. The first-order valence-corrected chi connectivity index (χ1v) is 15.8. The molecule has 2 N–H and O–H groups in total. The number of rotatable bonds is 14. The Morgan fingerprint density at radius 2 is 1.66 bits per heavy atom. The second kappa shape index (κ2) is 13.2. The van der Waals surface area contributed by atoms with Crippen LogP contribution in [0.25, 0.3) is 0 Å². The van der Waals surface area contributed by atoms with Gasteiger partial charge in [-0.2, -0.15) is 11.8 Å². The fourth-order valence-electron chi connectivity index (χ4n) is 7.93. The van der Waals surface area contributed by atoms with E-state index in [1.54, 1.807) is 0 Å². The summed E-state index contributed by atoms with van der Waals surface area (Å²) >= 11 is 1.99. The Kier molecular flexibility index (Phi) is 10.3. The topological polar surface area (TPSA) is 40.5 Å². The fraction of sp³-hybridized carbons (Fsp3) is 0.806. The van der Waals surface area contributed by atoms with Gasteiger partial charge in [0, 0.05) is 0 Å². The summed E-state index contributed by atoms with van der Waals surface area (Å²) in [6.45, 7) is 2.21. The second-order valence-electron chi connectivity index (χ2n) is 12.0. The number of phenolic OH excluding ortho intramolecular Hbond substituents is 1. The van der Waals surface area contributed by atoms with Crippen LogP contribution in [-0.2, 0) is 6.42 Å². The molecule has 0 amide bonds. The Hall–Kier alpha value is -0.740. The van der Waals surface area contributed by atoms with Crippen molar-refractivity contribution >= 4 is 11.8 Å². The number of alkyl halides is 1. The summed E-state index contributed by atoms with van der Waals surface area (Å²) in [5.74, 6) is 5.43. The maximum atomic E-state index is 12.1. The molecule has 198 valence electrons. The van der Waals surface area contributed by atoms with Gasteiger partial charge >= 0.3 is 0 Å². The molecule has 0 aliphatic heterocycles. The van der Waals surface area contributed by atoms with Crippen LogP contribution in [0.1, 0.15) is 114 Å². The van der Waals surface area contributed by atoms with Gasteiger partial charge in [0.2, 0.25) is 0 Å². The van der Waals surface area contributed by atoms with Gasteiger partial charge in [-0.3, -0.25) is 4.39 Å². The number of hydrogen-bond donors (Lipinski definition) is 2. The van der Waals surface area contributed by atoms with Crippen molar-refractivity contribution in [1.82, 2.24) is 0 Å². The summed E-state index contributed by atoms with van der Waals surface area (Å²) in [6, 6.07) is 6.13. The normalized spacial score (nSPS) is 31.7. The molecule has 4 heteroatoms. The molecule has 4 rings (SSSR count). The van der Waals surface area contributed by atoms with E-state index in [1.165, 1.54) is 81.1 Å². The van der Waals surface area contributed by atoms with E-state index in [4.69, 9.17) is 0 Å². The zero-order chi connectivity index (χ0) is 24.7. The van der Waals surface area contributed by atoms with E-state index in [1.807, 2.05) is 23.9 Å². The number of unbranched alkanes of at least 4 members (excludes halogenated alkanes) is 7. The van der Waals surface area contributed by atoms with E-state index in [-0.39, 0.29) is 18.2 Å². The monoisotopic (exact) mass is 504 g/mol. The van der Waals surface area contributed by atoms with E-state index in [2.05, 4.69) is 13.0 Å². The van der Waals surface area contributed by atoms with Crippen molar-refractivity contribution in [2.75, 3.05) is 18.2 Å². The van der Waals surface area contributed by atoms with E-state index in [0.717, 1.165) is 37.9 Å². The average molecular weight is 505 g/mol. The number of aromatic hydroxyl groups is 1. The van der Waals surface area contributed by atoms with Crippen molar-refractivity contribution in [2.24, 2.45) is 23.2 Å². The molecule has 2 saturated carbocycles. The van der Waals surface area contributed by atoms with Crippen molar-refractivity contribution in [3.63, 3.8) is 0 Å². The highest BCUT2D eigenvalue weighted by Gasteiger charge is 2.56. The summed E-state index contributed by atoms with van der Waals surface area (Å²) in [4.78, 5) is 0. The third-order valence-corrected chi connectivity index (χ3v) is 11.0. The predicted octanol–water partition coefficient (Wildman–Crippen LogP) is 8.44. The summed E-state index contributed by atoms with van der Waals surface area (Å²) < 4.78 is 12.1. The number of benzene rings is 1. The van der Waals surface area contributed by atoms with Crippen LogP contribution in [0.4, 0.5) is 4.39 Å². The van der Waals surface area contributed by atoms with Crippen molar-refractivity contribution in [2.45, 2.75) is 115 Å². The standard InChI is InChI=1S/C31H49FO2S/c1-31-17-16-27-26-13-12-25(33)22-24(26)21-23(30(27)28(31)14-15-29(31)34)11-7-5-3-2-4-6-9-19-35-20-10-8-18-32/h12-13,22-23,27-30,33-34H,2-11,14-21H2,1H3/t23?,27?,28?,29-,30?,31-/m0/s1. The van der Waals surface area contributed by atoms with Crippen LogP contribution in [0.5, 0.6) is 5.75 Å². The minimum Gasteiger partial charge on any atom is -0.508 e. The molecule has 35 heavy (non-hydrogen) atoms. The number of halogens is 1. The third kappa shape index (κ3) is 6.58. The van der Waals surface area contributed by atoms with Crippen LogP contribution >= 0.6 is 11.8 Å². The van der Waals surface area contributed by atoms with Gasteiger partial charge in [0.05, 0.1) is 12.8 Å². The average Bonchev–Trinajstić information content (AvgIpc) is 3.15. The fourth-order valence-corrected chi connectivity index (χ4v) is 8.95. The maximum Gasteiger partial charge on any atom is 0.115 e. The molecule has 1 aromatic rings. The van der Waals surface area contributed by atoms with Crippen LogP contribution < -0.4 is 0 Å². The van der Waals surface area contributed by atoms with Crippen molar-refractivity contribution < 1.29 is 14.6 Å². The van der Waals surface area contributed by atoms with Gasteiger partial charge in [0.15, 0.2) is 0 Å². The second-order valence-corrected chi connectivity index (χ2v) is 13.3. The molecule has 6 atom stereocenters. The minimum absolute atomic E-state index is 0.110. The van der Waals surface area contributed by atoms with Gasteiger partial charge in [-0.15, -0.1) is 0 Å². The Morgan fingerprint density at radius 1 is 0.943 bits per heavy atom. The number of aliphatic hydroxyl groups is 1. The lowest BCUT2D eigenvalue weighted by molar-refractivity contribution is -0.0396. The highest BCUT2D eigenvalue weighted by atomic mass is 32.2. The highest BCUT2D eigenvalue weighted by molar-refractivity contribution is 7.99.